The van der Waals surface area contributed by atoms with Crippen molar-refractivity contribution in [3.05, 3.63) is 18.4 Å². The normalized spacial score (nSPS) is 9.00. The molecule has 0 fully saturated rings. The topological polar surface area (TPSA) is 63.3 Å². The van der Waals surface area contributed by atoms with Crippen LogP contribution in [0.5, 0.6) is 0 Å². The molecule has 1 aromatic heterocycles. The number of rotatable bonds is 1. The summed E-state index contributed by atoms with van der Waals surface area (Å²) < 4.78 is 4.38. The van der Waals surface area contributed by atoms with E-state index >= 15 is 0 Å². The lowest BCUT2D eigenvalue weighted by molar-refractivity contribution is 0.0662. The Morgan fingerprint density at radius 2 is 2.62 bits per heavy atom. The molecular weight excluding hydrogens is 110 g/mol. The lowest BCUT2D eigenvalue weighted by Gasteiger charge is -1.77. The largest absolute Gasteiger partial charge is 0.475 e. The molecule has 4 nitrogen and oxygen atoms in total. The molecule has 0 amide bonds. The van der Waals surface area contributed by atoms with Crippen LogP contribution < -0.4 is 0 Å². The molecule has 1 heterocycles. The first-order valence-electron chi connectivity index (χ1n) is 1.92. The summed E-state index contributed by atoms with van der Waals surface area (Å²) in [4.78, 5) is 13.3. The van der Waals surface area contributed by atoms with Crippen LogP contribution in [0, 0.1) is 0 Å². The molecule has 42 valence electrons. The highest BCUT2D eigenvalue weighted by Gasteiger charge is 2.03. The van der Waals surface area contributed by atoms with Gasteiger partial charge in [-0.05, 0) is 0 Å². The lowest BCUT2D eigenvalue weighted by Crippen LogP contribution is -1.91. The summed E-state index contributed by atoms with van der Waals surface area (Å²) in [6, 6.07) is 0. The highest BCUT2D eigenvalue weighted by Crippen LogP contribution is 1.93. The molecule has 0 saturated carbocycles. The van der Waals surface area contributed by atoms with Gasteiger partial charge in [-0.25, -0.2) is 9.78 Å². The molecule has 1 N–H and O–H groups in total. The van der Waals surface area contributed by atoms with Crippen molar-refractivity contribution >= 4 is 5.97 Å². The van der Waals surface area contributed by atoms with Crippen LogP contribution in [0.3, 0.4) is 0 Å². The molecular formula is C4H3NO3. The SMILES string of the molecule is O=C(O)c1cnco1. The van der Waals surface area contributed by atoms with Crippen LogP contribution in [0.2, 0.25) is 0 Å². The summed E-state index contributed by atoms with van der Waals surface area (Å²) in [6.45, 7) is 0. The van der Waals surface area contributed by atoms with Crippen molar-refractivity contribution in [2.24, 2.45) is 0 Å². The van der Waals surface area contributed by atoms with Crippen molar-refractivity contribution in [3.8, 4) is 0 Å². The number of carboxylic acid groups (broad SMARTS) is 1. The Bertz CT molecular complexity index is 179. The molecule has 0 aromatic carbocycles. The highest BCUT2D eigenvalue weighted by molar-refractivity contribution is 5.83. The van der Waals surface area contributed by atoms with E-state index in [4.69, 9.17) is 5.11 Å². The zero-order chi connectivity index (χ0) is 5.98. The second kappa shape index (κ2) is 1.65. The van der Waals surface area contributed by atoms with Gasteiger partial charge in [-0.15, -0.1) is 0 Å². The Labute approximate surface area is 44.8 Å². The number of carbonyl (C=O) groups is 1. The predicted octanol–water partition coefficient (Wildman–Crippen LogP) is 0.373. The van der Waals surface area contributed by atoms with Crippen LogP contribution >= 0.6 is 0 Å². The van der Waals surface area contributed by atoms with Crippen LogP contribution in [0.1, 0.15) is 10.6 Å². The van der Waals surface area contributed by atoms with Gasteiger partial charge in [0, 0.05) is 0 Å². The van der Waals surface area contributed by atoms with Gasteiger partial charge in [0.1, 0.15) is 0 Å². The molecule has 0 spiro atoms. The molecule has 0 saturated heterocycles. The van der Waals surface area contributed by atoms with E-state index in [1.165, 1.54) is 0 Å². The van der Waals surface area contributed by atoms with Crippen molar-refractivity contribution < 1.29 is 14.3 Å². The number of carboxylic acids is 1. The highest BCUT2D eigenvalue weighted by atomic mass is 16.4. The summed E-state index contributed by atoms with van der Waals surface area (Å²) in [6.07, 6.45) is 2.21. The molecule has 0 atom stereocenters. The van der Waals surface area contributed by atoms with E-state index in [1.807, 2.05) is 0 Å². The zero-order valence-corrected chi connectivity index (χ0v) is 3.87. The number of nitrogens with zero attached hydrogens (tertiary/aromatic N) is 1. The van der Waals surface area contributed by atoms with E-state index in [-0.39, 0.29) is 5.76 Å². The predicted molar refractivity (Wildman–Crippen MR) is 23.5 cm³/mol. The van der Waals surface area contributed by atoms with E-state index in [0.29, 0.717) is 0 Å². The van der Waals surface area contributed by atoms with Crippen molar-refractivity contribution in [2.75, 3.05) is 0 Å². The minimum Gasteiger partial charge on any atom is -0.475 e. The third kappa shape index (κ3) is 0.676. The van der Waals surface area contributed by atoms with Crippen molar-refractivity contribution in [1.29, 1.82) is 0 Å². The van der Waals surface area contributed by atoms with Crippen molar-refractivity contribution in [1.82, 2.24) is 4.98 Å². The van der Waals surface area contributed by atoms with Crippen molar-refractivity contribution in [2.45, 2.75) is 0 Å². The number of aromatic carboxylic acids is 1. The monoisotopic (exact) mass is 113 g/mol. The average molecular weight is 113 g/mol. The quantitative estimate of drug-likeness (QED) is 0.571. The fourth-order valence-electron chi connectivity index (χ4n) is 0.321. The Morgan fingerprint density at radius 1 is 1.88 bits per heavy atom. The summed E-state index contributed by atoms with van der Waals surface area (Å²) in [5.41, 5.74) is 0. The first-order chi connectivity index (χ1) is 3.80. The van der Waals surface area contributed by atoms with Crippen LogP contribution in [-0.2, 0) is 0 Å². The second-order valence-corrected chi connectivity index (χ2v) is 1.17. The van der Waals surface area contributed by atoms with Gasteiger partial charge in [-0.2, -0.15) is 0 Å². The molecule has 0 bridgehead atoms. The van der Waals surface area contributed by atoms with Crippen LogP contribution in [0.25, 0.3) is 0 Å². The number of oxazole rings is 1. The van der Waals surface area contributed by atoms with Gasteiger partial charge in [-0.3, -0.25) is 0 Å². The van der Waals surface area contributed by atoms with Gasteiger partial charge in [0.15, 0.2) is 6.39 Å². The van der Waals surface area contributed by atoms with E-state index in [0.717, 1.165) is 12.6 Å². The Balaban J connectivity index is 2.93. The molecule has 4 heteroatoms. The zero-order valence-electron chi connectivity index (χ0n) is 3.87. The fraction of sp³-hybridized carbons (Fsp3) is 0. The minimum absolute atomic E-state index is 0.134. The molecule has 0 aliphatic rings. The average Bonchev–Trinajstić information content (AvgIpc) is 2.12. The fourth-order valence-corrected chi connectivity index (χ4v) is 0.321. The molecule has 8 heavy (non-hydrogen) atoms. The van der Waals surface area contributed by atoms with Crippen LogP contribution in [-0.4, -0.2) is 16.1 Å². The van der Waals surface area contributed by atoms with Gasteiger partial charge >= 0.3 is 5.97 Å². The maximum absolute atomic E-state index is 9.93. The van der Waals surface area contributed by atoms with Crippen LogP contribution in [0.15, 0.2) is 17.0 Å². The standard InChI is InChI=1S/C4H3NO3/c6-4(7)3-1-5-2-8-3/h1-2H,(H,6,7). The van der Waals surface area contributed by atoms with Crippen LogP contribution in [0.4, 0.5) is 0 Å². The van der Waals surface area contributed by atoms with Gasteiger partial charge in [0.25, 0.3) is 0 Å². The third-order valence-electron chi connectivity index (χ3n) is 0.643. The Morgan fingerprint density at radius 3 is 2.88 bits per heavy atom. The van der Waals surface area contributed by atoms with E-state index in [9.17, 15) is 4.79 Å². The maximum Gasteiger partial charge on any atom is 0.373 e. The summed E-state index contributed by atoms with van der Waals surface area (Å²) in [5, 5.41) is 8.14. The minimum atomic E-state index is -1.09. The van der Waals surface area contributed by atoms with E-state index in [2.05, 4.69) is 9.40 Å². The first kappa shape index (κ1) is 4.83. The molecule has 1 rings (SSSR count). The Kier molecular flexibility index (Phi) is 0.997. The Hall–Kier alpha value is -1.32. The van der Waals surface area contributed by atoms with Gasteiger partial charge in [-0.1, -0.05) is 0 Å². The molecule has 0 unspecified atom stereocenters. The summed E-state index contributed by atoms with van der Waals surface area (Å²) in [7, 11) is 0. The number of aromatic nitrogens is 1. The maximum atomic E-state index is 9.93. The van der Waals surface area contributed by atoms with Gasteiger partial charge in [0.2, 0.25) is 5.76 Å². The van der Waals surface area contributed by atoms with Gasteiger partial charge in [0.05, 0.1) is 6.20 Å². The number of hydrogen-bond acceptors (Lipinski definition) is 3. The molecule has 1 aromatic rings. The lowest BCUT2D eigenvalue weighted by atomic mass is 10.5. The number of hydrogen-bond donors (Lipinski definition) is 1. The first-order valence-corrected chi connectivity index (χ1v) is 1.92. The molecule has 0 aliphatic heterocycles. The summed E-state index contributed by atoms with van der Waals surface area (Å²) in [5.74, 6) is -1.23. The second-order valence-electron chi connectivity index (χ2n) is 1.17. The summed E-state index contributed by atoms with van der Waals surface area (Å²) >= 11 is 0. The smallest absolute Gasteiger partial charge is 0.373 e. The molecule has 0 aliphatic carbocycles. The van der Waals surface area contributed by atoms with E-state index < -0.39 is 5.97 Å². The molecule has 0 radical (unpaired) electrons. The van der Waals surface area contributed by atoms with Crippen molar-refractivity contribution in [3.63, 3.8) is 0 Å². The van der Waals surface area contributed by atoms with E-state index in [1.54, 1.807) is 0 Å². The van der Waals surface area contributed by atoms with Gasteiger partial charge < -0.3 is 9.52 Å². The third-order valence-corrected chi connectivity index (χ3v) is 0.643.